The summed E-state index contributed by atoms with van der Waals surface area (Å²) in [6.07, 6.45) is 1.55. The highest BCUT2D eigenvalue weighted by atomic mass is 19.1. The average Bonchev–Trinajstić information content (AvgIpc) is 2.55. The molecule has 0 spiro atoms. The van der Waals surface area contributed by atoms with E-state index < -0.39 is 0 Å². The van der Waals surface area contributed by atoms with Gasteiger partial charge in [0.25, 0.3) is 0 Å². The fourth-order valence-electron chi connectivity index (χ4n) is 2.29. The van der Waals surface area contributed by atoms with Crippen molar-refractivity contribution in [3.63, 3.8) is 0 Å². The van der Waals surface area contributed by atoms with Crippen LogP contribution in [-0.4, -0.2) is 32.5 Å². The largest absolute Gasteiger partial charge is 0.378 e. The third-order valence-electron chi connectivity index (χ3n) is 3.48. The van der Waals surface area contributed by atoms with E-state index in [2.05, 4.69) is 9.89 Å². The Hall–Kier alpha value is -2.20. The lowest BCUT2D eigenvalue weighted by molar-refractivity contribution is 0.122. The average molecular weight is 284 g/mol. The fraction of sp³-hybridized carbons (Fsp3) is 0.235. The number of rotatable bonds is 3. The van der Waals surface area contributed by atoms with Gasteiger partial charge in [-0.1, -0.05) is 18.2 Å². The van der Waals surface area contributed by atoms with Gasteiger partial charge in [-0.25, -0.2) is 4.39 Å². The zero-order chi connectivity index (χ0) is 14.5. The molecule has 0 N–H and O–H groups in total. The molecule has 0 amide bonds. The molecule has 3 rings (SSSR count). The van der Waals surface area contributed by atoms with Crippen LogP contribution in [0, 0.1) is 5.82 Å². The van der Waals surface area contributed by atoms with E-state index >= 15 is 0 Å². The minimum atomic E-state index is -0.258. The summed E-state index contributed by atoms with van der Waals surface area (Å²) < 4.78 is 18.8. The first kappa shape index (κ1) is 13.8. The minimum Gasteiger partial charge on any atom is -0.378 e. The Kier molecular flexibility index (Phi) is 4.26. The van der Waals surface area contributed by atoms with Crippen molar-refractivity contribution in [1.29, 1.82) is 0 Å². The highest BCUT2D eigenvalue weighted by molar-refractivity contribution is 5.82. The number of ether oxygens (including phenoxy) is 1. The number of halogens is 1. The zero-order valence-electron chi connectivity index (χ0n) is 11.7. The highest BCUT2D eigenvalue weighted by Crippen LogP contribution is 2.20. The third-order valence-corrected chi connectivity index (χ3v) is 3.48. The monoisotopic (exact) mass is 284 g/mol. The Morgan fingerprint density at radius 2 is 1.71 bits per heavy atom. The van der Waals surface area contributed by atoms with Crippen molar-refractivity contribution in [3.05, 3.63) is 59.9 Å². The van der Waals surface area contributed by atoms with E-state index in [4.69, 9.17) is 4.74 Å². The van der Waals surface area contributed by atoms with E-state index in [0.29, 0.717) is 5.56 Å². The van der Waals surface area contributed by atoms with Gasteiger partial charge in [0.1, 0.15) is 5.82 Å². The number of nitrogens with zero attached hydrogens (tertiary/aromatic N) is 2. The zero-order valence-corrected chi connectivity index (χ0v) is 11.7. The summed E-state index contributed by atoms with van der Waals surface area (Å²) in [5, 5.41) is 0. The van der Waals surface area contributed by atoms with Gasteiger partial charge in [0.15, 0.2) is 0 Å². The summed E-state index contributed by atoms with van der Waals surface area (Å²) in [5.41, 5.74) is 2.48. The molecule has 0 aromatic heterocycles. The Morgan fingerprint density at radius 1 is 1.00 bits per heavy atom. The first-order chi connectivity index (χ1) is 10.3. The molecule has 0 atom stereocenters. The maximum atomic E-state index is 13.5. The van der Waals surface area contributed by atoms with Crippen LogP contribution in [0.25, 0.3) is 0 Å². The van der Waals surface area contributed by atoms with Crippen LogP contribution in [0.1, 0.15) is 5.56 Å². The van der Waals surface area contributed by atoms with E-state index in [1.165, 1.54) is 11.8 Å². The molecule has 2 aromatic carbocycles. The van der Waals surface area contributed by atoms with Crippen LogP contribution in [0.2, 0.25) is 0 Å². The van der Waals surface area contributed by atoms with Crippen LogP contribution >= 0.6 is 0 Å². The second-order valence-electron chi connectivity index (χ2n) is 4.90. The molecule has 21 heavy (non-hydrogen) atoms. The standard InChI is InChI=1S/C17H17FN2O/c18-17-4-2-1-3-14(17)13-19-15-5-7-16(8-6-15)20-9-11-21-12-10-20/h1-8,13H,9-12H2. The molecule has 1 saturated heterocycles. The Bertz CT molecular complexity index is 619. The quantitative estimate of drug-likeness (QED) is 0.807. The number of benzene rings is 2. The normalized spacial score (nSPS) is 15.6. The van der Waals surface area contributed by atoms with E-state index in [0.717, 1.165) is 32.0 Å². The maximum absolute atomic E-state index is 13.5. The molecular formula is C17H17FN2O. The smallest absolute Gasteiger partial charge is 0.131 e. The molecule has 108 valence electrons. The van der Waals surface area contributed by atoms with Crippen LogP contribution in [0.15, 0.2) is 53.5 Å². The lowest BCUT2D eigenvalue weighted by atomic mass is 10.2. The minimum absolute atomic E-state index is 0.258. The van der Waals surface area contributed by atoms with Crippen LogP contribution in [-0.2, 0) is 4.74 Å². The van der Waals surface area contributed by atoms with Gasteiger partial charge in [-0.05, 0) is 30.3 Å². The van der Waals surface area contributed by atoms with Gasteiger partial charge in [-0.3, -0.25) is 4.99 Å². The molecule has 1 aliphatic heterocycles. The summed E-state index contributed by atoms with van der Waals surface area (Å²) in [4.78, 5) is 6.60. The van der Waals surface area contributed by atoms with Crippen molar-refractivity contribution in [2.75, 3.05) is 31.2 Å². The lowest BCUT2D eigenvalue weighted by Crippen LogP contribution is -2.36. The predicted molar refractivity (Wildman–Crippen MR) is 83.1 cm³/mol. The molecular weight excluding hydrogens is 267 g/mol. The summed E-state index contributed by atoms with van der Waals surface area (Å²) in [7, 11) is 0. The second-order valence-corrected chi connectivity index (χ2v) is 4.90. The molecule has 2 aromatic rings. The molecule has 1 heterocycles. The molecule has 3 nitrogen and oxygen atoms in total. The number of aliphatic imine (C=N–C) groups is 1. The first-order valence-corrected chi connectivity index (χ1v) is 7.04. The number of morpholine rings is 1. The SMILES string of the molecule is Fc1ccccc1C=Nc1ccc(N2CCOCC2)cc1. The van der Waals surface area contributed by atoms with E-state index in [9.17, 15) is 4.39 Å². The number of hydrogen-bond donors (Lipinski definition) is 0. The molecule has 1 fully saturated rings. The van der Waals surface area contributed by atoms with Gasteiger partial charge in [-0.2, -0.15) is 0 Å². The van der Waals surface area contributed by atoms with Crippen molar-refractivity contribution < 1.29 is 9.13 Å². The van der Waals surface area contributed by atoms with Crippen molar-refractivity contribution in [2.24, 2.45) is 4.99 Å². The first-order valence-electron chi connectivity index (χ1n) is 7.04. The van der Waals surface area contributed by atoms with Crippen LogP contribution in [0.4, 0.5) is 15.8 Å². The second kappa shape index (κ2) is 6.50. The molecule has 0 bridgehead atoms. The predicted octanol–water partition coefficient (Wildman–Crippen LogP) is 3.41. The summed E-state index contributed by atoms with van der Waals surface area (Å²) in [6, 6.07) is 14.6. The van der Waals surface area contributed by atoms with E-state index in [-0.39, 0.29) is 5.82 Å². The van der Waals surface area contributed by atoms with Crippen molar-refractivity contribution >= 4 is 17.6 Å². The number of anilines is 1. The number of hydrogen-bond acceptors (Lipinski definition) is 3. The van der Waals surface area contributed by atoms with E-state index in [1.807, 2.05) is 24.3 Å². The molecule has 0 radical (unpaired) electrons. The van der Waals surface area contributed by atoms with Crippen LogP contribution in [0.5, 0.6) is 0 Å². The Morgan fingerprint density at radius 3 is 2.43 bits per heavy atom. The summed E-state index contributed by atoms with van der Waals surface area (Å²) >= 11 is 0. The Balaban J connectivity index is 1.71. The van der Waals surface area contributed by atoms with Crippen molar-refractivity contribution in [1.82, 2.24) is 0 Å². The van der Waals surface area contributed by atoms with Crippen LogP contribution in [0.3, 0.4) is 0 Å². The summed E-state index contributed by atoms with van der Waals surface area (Å²) in [6.45, 7) is 3.37. The Labute approximate surface area is 123 Å². The molecule has 0 aliphatic carbocycles. The molecule has 1 aliphatic rings. The van der Waals surface area contributed by atoms with Crippen molar-refractivity contribution in [3.8, 4) is 0 Å². The van der Waals surface area contributed by atoms with Crippen molar-refractivity contribution in [2.45, 2.75) is 0 Å². The molecule has 0 saturated carbocycles. The summed E-state index contributed by atoms with van der Waals surface area (Å²) in [5.74, 6) is -0.258. The van der Waals surface area contributed by atoms with Gasteiger partial charge < -0.3 is 9.64 Å². The van der Waals surface area contributed by atoms with Gasteiger partial charge in [0.2, 0.25) is 0 Å². The molecule has 4 heteroatoms. The third kappa shape index (κ3) is 3.47. The van der Waals surface area contributed by atoms with Gasteiger partial charge in [0.05, 0.1) is 18.9 Å². The van der Waals surface area contributed by atoms with Gasteiger partial charge in [0, 0.05) is 30.6 Å². The highest BCUT2D eigenvalue weighted by Gasteiger charge is 2.10. The topological polar surface area (TPSA) is 24.8 Å². The van der Waals surface area contributed by atoms with Gasteiger partial charge in [-0.15, -0.1) is 0 Å². The lowest BCUT2D eigenvalue weighted by Gasteiger charge is -2.28. The fourth-order valence-corrected chi connectivity index (χ4v) is 2.29. The maximum Gasteiger partial charge on any atom is 0.131 e. The van der Waals surface area contributed by atoms with Gasteiger partial charge >= 0.3 is 0 Å². The van der Waals surface area contributed by atoms with E-state index in [1.54, 1.807) is 24.4 Å². The molecule has 0 unspecified atom stereocenters. The van der Waals surface area contributed by atoms with Crippen LogP contribution < -0.4 is 4.90 Å².